The number of rotatable bonds is 0. The first kappa shape index (κ1) is 10.2. The van der Waals surface area contributed by atoms with Crippen molar-refractivity contribution in [2.24, 2.45) is 0 Å². The predicted octanol–water partition coefficient (Wildman–Crippen LogP) is -0.225. The maximum Gasteiger partial charge on any atom is 0.166 e. The molecule has 88 valence electrons. The molecule has 7 heteroatoms. The maximum atomic E-state index is 4.52. The van der Waals surface area contributed by atoms with Gasteiger partial charge < -0.3 is 0 Å². The molecule has 0 aliphatic rings. The molecule has 0 aliphatic carbocycles. The Morgan fingerprint density at radius 2 is 1.00 bits per heavy atom. The van der Waals surface area contributed by atoms with Crippen LogP contribution >= 0.6 is 0 Å². The maximum absolute atomic E-state index is 4.52. The van der Waals surface area contributed by atoms with Crippen molar-refractivity contribution in [2.45, 2.75) is 0 Å². The van der Waals surface area contributed by atoms with Gasteiger partial charge in [-0.2, -0.15) is 0 Å². The third kappa shape index (κ3) is 1.38. The molecule has 1 aromatic carbocycles. The molecule has 0 atom stereocenters. The van der Waals surface area contributed by atoms with Gasteiger partial charge in [-0.05, 0) is 0 Å². The van der Waals surface area contributed by atoms with Crippen LogP contribution in [0.15, 0.2) is 31.0 Å². The molecule has 19 heavy (non-hydrogen) atoms. The molecule has 0 saturated heterocycles. The largest absolute Gasteiger partial charge is 0.258 e. The van der Waals surface area contributed by atoms with Crippen LogP contribution in [-0.4, -0.2) is 37.8 Å². The van der Waals surface area contributed by atoms with Gasteiger partial charge in [-0.15, -0.1) is 0 Å². The smallest absolute Gasteiger partial charge is 0.166 e. The molecule has 0 unspecified atom stereocenters. The normalized spacial score (nSPS) is 11.4. The molecule has 0 aliphatic heterocycles. The van der Waals surface area contributed by atoms with Crippen LogP contribution in [0, 0.1) is 0 Å². The summed E-state index contributed by atoms with van der Waals surface area (Å²) in [5, 5.41) is 0. The second-order valence-corrected chi connectivity index (χ2v) is 4.22. The first-order chi connectivity index (χ1) is 9.34. The van der Waals surface area contributed by atoms with E-state index in [1.54, 1.807) is 31.0 Å². The third-order valence-electron chi connectivity index (χ3n) is 2.96. The summed E-state index contributed by atoms with van der Waals surface area (Å²) in [5.74, 6) is 0. The van der Waals surface area contributed by atoms with E-state index >= 15 is 0 Å². The van der Waals surface area contributed by atoms with Crippen LogP contribution in [-0.2, 0) is 0 Å². The Hall–Kier alpha value is -2.70. The number of aromatic nitrogens is 6. The Morgan fingerprint density at radius 3 is 1.53 bits per heavy atom. The highest BCUT2D eigenvalue weighted by Crippen LogP contribution is 2.26. The molecular weight excluding hydrogens is 239 g/mol. The van der Waals surface area contributed by atoms with Gasteiger partial charge in [-0.1, -0.05) is 0 Å². The molecule has 0 saturated carbocycles. The average Bonchev–Trinajstić information content (AvgIpc) is 2.47. The Labute approximate surface area is 108 Å². The zero-order chi connectivity index (χ0) is 12.8. The van der Waals surface area contributed by atoms with E-state index < -0.39 is 0 Å². The lowest BCUT2D eigenvalue weighted by Gasteiger charge is -2.05. The third-order valence-corrected chi connectivity index (χ3v) is 2.96. The van der Waals surface area contributed by atoms with Crippen LogP contribution in [0.3, 0.4) is 0 Å². The van der Waals surface area contributed by atoms with E-state index in [-0.39, 0.29) is 0 Å². The van der Waals surface area contributed by atoms with Crippen LogP contribution in [0.25, 0.3) is 33.1 Å². The van der Waals surface area contributed by atoms with Crippen molar-refractivity contribution < 1.29 is 0 Å². The lowest BCUT2D eigenvalue weighted by atomic mass is 10.1. The molecule has 3 aromatic heterocycles. The summed E-state index contributed by atoms with van der Waals surface area (Å²) in [4.78, 5) is 26.4. The summed E-state index contributed by atoms with van der Waals surface area (Å²) in [7, 11) is 1.90. The van der Waals surface area contributed by atoms with Gasteiger partial charge in [-0.3, -0.25) is 29.9 Å². The molecule has 0 amide bonds. The van der Waals surface area contributed by atoms with Gasteiger partial charge in [0, 0.05) is 36.6 Å². The minimum atomic E-state index is 0.705. The molecule has 0 bridgehead atoms. The lowest BCUT2D eigenvalue weighted by Crippen LogP contribution is -2.09. The van der Waals surface area contributed by atoms with Crippen LogP contribution in [0.1, 0.15) is 0 Å². The quantitative estimate of drug-likeness (QED) is 0.315. The van der Waals surface area contributed by atoms with E-state index in [2.05, 4.69) is 29.9 Å². The summed E-state index contributed by atoms with van der Waals surface area (Å²) in [6.07, 6.45) is 8.30. The Bertz CT molecular complexity index is 904. The molecule has 3 heterocycles. The van der Waals surface area contributed by atoms with Gasteiger partial charge in [0.1, 0.15) is 33.1 Å². The van der Waals surface area contributed by atoms with Crippen molar-refractivity contribution in [3.8, 4) is 0 Å². The summed E-state index contributed by atoms with van der Waals surface area (Å²) >= 11 is 0. The Balaban J connectivity index is 2.43. The van der Waals surface area contributed by atoms with Crippen molar-refractivity contribution in [1.82, 2.24) is 29.9 Å². The van der Waals surface area contributed by atoms with E-state index in [9.17, 15) is 0 Å². The monoisotopic (exact) mass is 246 g/mol. The zero-order valence-corrected chi connectivity index (χ0v) is 10.1. The van der Waals surface area contributed by atoms with Crippen molar-refractivity contribution in [1.29, 1.82) is 0 Å². The van der Waals surface area contributed by atoms with Gasteiger partial charge in [-0.25, -0.2) is 0 Å². The SMILES string of the molecule is Bc1cnc2c3nccnc3c3nccnc3c2n1. The highest BCUT2D eigenvalue weighted by atomic mass is 14.9. The first-order valence-electron chi connectivity index (χ1n) is 5.81. The number of fused-ring (bicyclic) bond motifs is 6. The second-order valence-electron chi connectivity index (χ2n) is 4.22. The number of nitrogens with zero attached hydrogens (tertiary/aromatic N) is 6. The molecule has 0 spiro atoms. The number of hydrogen-bond acceptors (Lipinski definition) is 6. The van der Waals surface area contributed by atoms with Crippen molar-refractivity contribution in [2.75, 3.05) is 0 Å². The fourth-order valence-corrected chi connectivity index (χ4v) is 2.18. The van der Waals surface area contributed by atoms with Crippen LogP contribution in [0.5, 0.6) is 0 Å². The lowest BCUT2D eigenvalue weighted by molar-refractivity contribution is 1.25. The molecule has 4 aromatic rings. The van der Waals surface area contributed by atoms with E-state index in [0.29, 0.717) is 27.6 Å². The molecule has 0 N–H and O–H groups in total. The van der Waals surface area contributed by atoms with Gasteiger partial charge in [0.05, 0.1) is 0 Å². The van der Waals surface area contributed by atoms with E-state index in [1.807, 2.05) is 7.85 Å². The fraction of sp³-hybridized carbons (Fsp3) is 0. The van der Waals surface area contributed by atoms with Crippen molar-refractivity contribution >= 4 is 46.5 Å². The van der Waals surface area contributed by atoms with Gasteiger partial charge in [0.25, 0.3) is 0 Å². The summed E-state index contributed by atoms with van der Waals surface area (Å²) in [6, 6.07) is 0. The van der Waals surface area contributed by atoms with Crippen molar-refractivity contribution in [3.05, 3.63) is 31.0 Å². The second kappa shape index (κ2) is 3.65. The molecule has 6 nitrogen and oxygen atoms in total. The van der Waals surface area contributed by atoms with Gasteiger partial charge in [0.2, 0.25) is 0 Å². The number of hydrogen-bond donors (Lipinski definition) is 0. The minimum absolute atomic E-state index is 0.705. The minimum Gasteiger partial charge on any atom is -0.258 e. The van der Waals surface area contributed by atoms with E-state index in [4.69, 9.17) is 0 Å². The summed E-state index contributed by atoms with van der Waals surface area (Å²) < 4.78 is 0. The highest BCUT2D eigenvalue weighted by molar-refractivity contribution is 6.31. The zero-order valence-electron chi connectivity index (χ0n) is 10.1. The van der Waals surface area contributed by atoms with Gasteiger partial charge in [0.15, 0.2) is 7.85 Å². The van der Waals surface area contributed by atoms with Crippen LogP contribution in [0.4, 0.5) is 0 Å². The van der Waals surface area contributed by atoms with E-state index in [1.165, 1.54) is 0 Å². The first-order valence-corrected chi connectivity index (χ1v) is 5.81. The fourth-order valence-electron chi connectivity index (χ4n) is 2.18. The standard InChI is InChI=1S/C12H7BN6/c13-6-5-18-11-9-7(14-1-2-16-9)8-10(12(11)19-6)17-4-3-15-8/h1-5H,13H2. The molecule has 0 radical (unpaired) electrons. The molecule has 4 rings (SSSR count). The highest BCUT2D eigenvalue weighted by Gasteiger charge is 2.13. The predicted molar refractivity (Wildman–Crippen MR) is 73.9 cm³/mol. The molecular formula is C12H7BN6. The van der Waals surface area contributed by atoms with E-state index in [0.717, 1.165) is 11.1 Å². The summed E-state index contributed by atoms with van der Waals surface area (Å²) in [6.45, 7) is 0. The van der Waals surface area contributed by atoms with Crippen LogP contribution in [0.2, 0.25) is 0 Å². The van der Waals surface area contributed by atoms with Crippen LogP contribution < -0.4 is 5.59 Å². The number of benzene rings is 1. The van der Waals surface area contributed by atoms with Crippen molar-refractivity contribution in [3.63, 3.8) is 0 Å². The Morgan fingerprint density at radius 1 is 0.579 bits per heavy atom. The summed E-state index contributed by atoms with van der Waals surface area (Å²) in [5.41, 5.74) is 5.09. The van der Waals surface area contributed by atoms with Gasteiger partial charge >= 0.3 is 0 Å². The topological polar surface area (TPSA) is 77.3 Å². The molecule has 0 fully saturated rings. The Kier molecular flexibility index (Phi) is 1.97. The average molecular weight is 246 g/mol.